The van der Waals surface area contributed by atoms with Crippen molar-refractivity contribution >= 4 is 11.7 Å². The molecule has 2 aliphatic heterocycles. The van der Waals surface area contributed by atoms with Crippen LogP contribution < -0.4 is 9.64 Å². The van der Waals surface area contributed by atoms with E-state index < -0.39 is 0 Å². The van der Waals surface area contributed by atoms with Gasteiger partial charge in [0.05, 0.1) is 12.6 Å². The number of ether oxygens (including phenoxy) is 1. The van der Waals surface area contributed by atoms with Crippen molar-refractivity contribution in [2.24, 2.45) is 0 Å². The molecule has 0 radical (unpaired) electrons. The fourth-order valence-electron chi connectivity index (χ4n) is 3.32. The molecule has 1 amide bonds. The molecule has 2 saturated heterocycles. The number of anilines is 1. The lowest BCUT2D eigenvalue weighted by atomic mass is 10.1. The molecule has 0 spiro atoms. The highest BCUT2D eigenvalue weighted by Gasteiger charge is 2.32. The lowest BCUT2D eigenvalue weighted by Crippen LogP contribution is -2.53. The number of rotatable bonds is 4. The molecule has 1 atom stereocenters. The maximum absolute atomic E-state index is 12.6. The maximum Gasteiger partial charge on any atom is 0.240 e. The van der Waals surface area contributed by atoms with Crippen molar-refractivity contribution in [2.75, 3.05) is 51.3 Å². The van der Waals surface area contributed by atoms with Crippen molar-refractivity contribution in [3.05, 3.63) is 12.4 Å². The number of hydrogen-bond acceptors (Lipinski definition) is 6. The van der Waals surface area contributed by atoms with Crippen LogP contribution in [0.5, 0.6) is 5.88 Å². The average molecular weight is 319 g/mol. The van der Waals surface area contributed by atoms with Gasteiger partial charge in [0.2, 0.25) is 11.8 Å². The van der Waals surface area contributed by atoms with E-state index >= 15 is 0 Å². The first-order valence-corrected chi connectivity index (χ1v) is 8.38. The summed E-state index contributed by atoms with van der Waals surface area (Å²) < 4.78 is 5.43. The Labute approximate surface area is 137 Å². The van der Waals surface area contributed by atoms with E-state index in [4.69, 9.17) is 4.74 Å². The first kappa shape index (κ1) is 16.0. The molecule has 23 heavy (non-hydrogen) atoms. The highest BCUT2D eigenvalue weighted by Crippen LogP contribution is 2.20. The number of likely N-dealkylation sites (N-methyl/N-ethyl adjacent to an activating group) is 1. The molecule has 1 aromatic rings. The number of likely N-dealkylation sites (tertiary alicyclic amines) is 1. The Morgan fingerprint density at radius 2 is 2.04 bits per heavy atom. The standard InChI is InChI=1S/C16H25N5O2/c1-3-23-15-11-14(17-12-18-15)20-7-9-21(10-8-20)16(22)13-5-4-6-19(13)2/h11-13H,3-10H2,1-2H3. The Kier molecular flexibility index (Phi) is 4.95. The Morgan fingerprint density at radius 3 is 2.70 bits per heavy atom. The van der Waals surface area contributed by atoms with E-state index in [1.54, 1.807) is 0 Å². The van der Waals surface area contributed by atoms with Crippen LogP contribution in [-0.2, 0) is 4.79 Å². The summed E-state index contributed by atoms with van der Waals surface area (Å²) in [7, 11) is 2.04. The quantitative estimate of drug-likeness (QED) is 0.811. The molecule has 1 unspecified atom stereocenters. The summed E-state index contributed by atoms with van der Waals surface area (Å²) in [5, 5.41) is 0. The summed E-state index contributed by atoms with van der Waals surface area (Å²) in [4.78, 5) is 27.4. The Hall–Kier alpha value is -1.89. The number of piperazine rings is 1. The van der Waals surface area contributed by atoms with Crippen molar-refractivity contribution in [3.8, 4) is 5.88 Å². The minimum atomic E-state index is 0.0742. The van der Waals surface area contributed by atoms with E-state index in [-0.39, 0.29) is 11.9 Å². The molecule has 3 rings (SSSR count). The molecule has 2 aliphatic rings. The first-order valence-electron chi connectivity index (χ1n) is 8.38. The van der Waals surface area contributed by atoms with Crippen LogP contribution in [0.15, 0.2) is 12.4 Å². The van der Waals surface area contributed by atoms with Crippen LogP contribution in [0.25, 0.3) is 0 Å². The van der Waals surface area contributed by atoms with E-state index in [1.807, 2.05) is 24.9 Å². The minimum absolute atomic E-state index is 0.0742. The molecule has 126 valence electrons. The van der Waals surface area contributed by atoms with Crippen molar-refractivity contribution in [3.63, 3.8) is 0 Å². The van der Waals surface area contributed by atoms with Gasteiger partial charge in [-0.05, 0) is 33.4 Å². The van der Waals surface area contributed by atoms with Crippen LogP contribution in [0.3, 0.4) is 0 Å². The zero-order chi connectivity index (χ0) is 16.2. The van der Waals surface area contributed by atoms with Crippen LogP contribution in [0.2, 0.25) is 0 Å². The summed E-state index contributed by atoms with van der Waals surface area (Å²) >= 11 is 0. The molecule has 0 saturated carbocycles. The third-order valence-corrected chi connectivity index (χ3v) is 4.64. The van der Waals surface area contributed by atoms with E-state index in [0.29, 0.717) is 12.5 Å². The van der Waals surface area contributed by atoms with Gasteiger partial charge in [-0.15, -0.1) is 0 Å². The molecule has 0 bridgehead atoms. The first-order chi connectivity index (χ1) is 11.2. The Bertz CT molecular complexity index is 545. The zero-order valence-electron chi connectivity index (χ0n) is 13.9. The summed E-state index contributed by atoms with van der Waals surface area (Å²) in [5.74, 6) is 1.75. The number of hydrogen-bond donors (Lipinski definition) is 0. The van der Waals surface area contributed by atoms with Gasteiger partial charge in [0.1, 0.15) is 12.1 Å². The fourth-order valence-corrected chi connectivity index (χ4v) is 3.32. The second kappa shape index (κ2) is 7.12. The lowest BCUT2D eigenvalue weighted by Gasteiger charge is -2.37. The summed E-state index contributed by atoms with van der Waals surface area (Å²) in [6.07, 6.45) is 3.64. The van der Waals surface area contributed by atoms with E-state index in [9.17, 15) is 4.79 Å². The highest BCUT2D eigenvalue weighted by atomic mass is 16.5. The Balaban J connectivity index is 1.58. The predicted molar refractivity (Wildman–Crippen MR) is 87.6 cm³/mol. The van der Waals surface area contributed by atoms with Crippen LogP contribution in [0, 0.1) is 0 Å². The number of nitrogens with zero attached hydrogens (tertiary/aromatic N) is 5. The van der Waals surface area contributed by atoms with Crippen LogP contribution in [0.1, 0.15) is 19.8 Å². The van der Waals surface area contributed by atoms with Gasteiger partial charge in [-0.3, -0.25) is 9.69 Å². The molecule has 0 N–H and O–H groups in total. The molecule has 0 aliphatic carbocycles. The summed E-state index contributed by atoms with van der Waals surface area (Å²) in [5.41, 5.74) is 0. The molecule has 7 nitrogen and oxygen atoms in total. The molecular weight excluding hydrogens is 294 g/mol. The van der Waals surface area contributed by atoms with Gasteiger partial charge < -0.3 is 14.5 Å². The number of aromatic nitrogens is 2. The third-order valence-electron chi connectivity index (χ3n) is 4.64. The van der Waals surface area contributed by atoms with E-state index in [1.165, 1.54) is 6.33 Å². The van der Waals surface area contributed by atoms with Gasteiger partial charge in [0, 0.05) is 32.2 Å². The normalized spacial score (nSPS) is 22.4. The molecular formula is C16H25N5O2. The van der Waals surface area contributed by atoms with Crippen molar-refractivity contribution < 1.29 is 9.53 Å². The fraction of sp³-hybridized carbons (Fsp3) is 0.688. The van der Waals surface area contributed by atoms with Gasteiger partial charge >= 0.3 is 0 Å². The number of carbonyl (C=O) groups excluding carboxylic acids is 1. The second-order valence-electron chi connectivity index (χ2n) is 6.10. The zero-order valence-corrected chi connectivity index (χ0v) is 13.9. The molecule has 1 aromatic heterocycles. The Morgan fingerprint density at radius 1 is 1.26 bits per heavy atom. The number of amides is 1. The topological polar surface area (TPSA) is 61.8 Å². The molecule has 0 aromatic carbocycles. The average Bonchev–Trinajstić information content (AvgIpc) is 3.01. The van der Waals surface area contributed by atoms with Crippen LogP contribution in [-0.4, -0.2) is 78.1 Å². The van der Waals surface area contributed by atoms with Crippen molar-refractivity contribution in [1.29, 1.82) is 0 Å². The van der Waals surface area contributed by atoms with E-state index in [2.05, 4.69) is 19.8 Å². The molecule has 3 heterocycles. The largest absolute Gasteiger partial charge is 0.478 e. The molecule has 7 heteroatoms. The van der Waals surface area contributed by atoms with Gasteiger partial charge in [0.25, 0.3) is 0 Å². The smallest absolute Gasteiger partial charge is 0.240 e. The minimum Gasteiger partial charge on any atom is -0.478 e. The van der Waals surface area contributed by atoms with Crippen LogP contribution in [0.4, 0.5) is 5.82 Å². The SMILES string of the molecule is CCOc1cc(N2CCN(C(=O)C3CCCN3C)CC2)ncn1. The van der Waals surface area contributed by atoms with Gasteiger partial charge in [-0.2, -0.15) is 0 Å². The van der Waals surface area contributed by atoms with E-state index in [0.717, 1.165) is 51.4 Å². The molecule has 2 fully saturated rings. The van der Waals surface area contributed by atoms with Gasteiger partial charge in [-0.25, -0.2) is 9.97 Å². The van der Waals surface area contributed by atoms with Gasteiger partial charge in [-0.1, -0.05) is 0 Å². The van der Waals surface area contributed by atoms with Crippen molar-refractivity contribution in [2.45, 2.75) is 25.8 Å². The summed E-state index contributed by atoms with van der Waals surface area (Å²) in [6.45, 7) is 6.64. The predicted octanol–water partition coefficient (Wildman–Crippen LogP) is 0.618. The van der Waals surface area contributed by atoms with Crippen LogP contribution >= 0.6 is 0 Å². The number of carbonyl (C=O) groups is 1. The second-order valence-corrected chi connectivity index (χ2v) is 6.10. The summed E-state index contributed by atoms with van der Waals surface area (Å²) in [6, 6.07) is 1.94. The maximum atomic E-state index is 12.6. The monoisotopic (exact) mass is 319 g/mol. The third kappa shape index (κ3) is 3.55. The van der Waals surface area contributed by atoms with Gasteiger partial charge in [0.15, 0.2) is 0 Å². The highest BCUT2D eigenvalue weighted by molar-refractivity contribution is 5.82. The van der Waals surface area contributed by atoms with Crippen molar-refractivity contribution in [1.82, 2.24) is 19.8 Å². The lowest BCUT2D eigenvalue weighted by molar-refractivity contribution is -0.135.